The molecule has 1 unspecified atom stereocenters. The third-order valence-corrected chi connectivity index (χ3v) is 4.11. The van der Waals surface area contributed by atoms with Gasteiger partial charge in [-0.2, -0.15) is 0 Å². The van der Waals surface area contributed by atoms with Gasteiger partial charge in [-0.15, -0.1) is 0 Å². The fourth-order valence-electron chi connectivity index (χ4n) is 2.21. The number of hydrogen-bond acceptors (Lipinski definition) is 3. The van der Waals surface area contributed by atoms with Crippen molar-refractivity contribution in [2.45, 2.75) is 59.2 Å². The van der Waals surface area contributed by atoms with Crippen LogP contribution in [0, 0.1) is 12.8 Å². The molecule has 1 aliphatic rings. The topological polar surface area (TPSA) is 28.2 Å². The van der Waals surface area contributed by atoms with Crippen LogP contribution in [-0.2, 0) is 6.54 Å². The number of pyridine rings is 1. The summed E-state index contributed by atoms with van der Waals surface area (Å²) in [5.74, 6) is 1.72. The van der Waals surface area contributed by atoms with Crippen molar-refractivity contribution in [1.82, 2.24) is 10.3 Å². The van der Waals surface area contributed by atoms with Crippen LogP contribution < -0.4 is 10.2 Å². The first-order chi connectivity index (χ1) is 8.97. The Labute approximate surface area is 117 Å². The minimum absolute atomic E-state index is 0.499. The number of rotatable bonds is 6. The van der Waals surface area contributed by atoms with Crippen molar-refractivity contribution >= 4 is 5.82 Å². The van der Waals surface area contributed by atoms with Gasteiger partial charge in [0.1, 0.15) is 5.82 Å². The molecule has 1 aromatic rings. The van der Waals surface area contributed by atoms with E-state index < -0.39 is 0 Å². The van der Waals surface area contributed by atoms with Gasteiger partial charge in [-0.05, 0) is 50.3 Å². The van der Waals surface area contributed by atoms with Crippen LogP contribution in [0.2, 0.25) is 0 Å². The first-order valence-electron chi connectivity index (χ1n) is 7.41. The Hall–Kier alpha value is -1.09. The lowest BCUT2D eigenvalue weighted by molar-refractivity contribution is 0.502. The molecular weight excluding hydrogens is 234 g/mol. The molecule has 3 heteroatoms. The number of aryl methyl sites for hydroxylation is 1. The highest BCUT2D eigenvalue weighted by molar-refractivity contribution is 5.43. The van der Waals surface area contributed by atoms with E-state index in [1.165, 1.54) is 18.4 Å². The van der Waals surface area contributed by atoms with E-state index in [0.717, 1.165) is 24.1 Å². The van der Waals surface area contributed by atoms with Gasteiger partial charge < -0.3 is 10.2 Å². The highest BCUT2D eigenvalue weighted by Gasteiger charge is 2.20. The molecule has 0 bridgehead atoms. The van der Waals surface area contributed by atoms with Gasteiger partial charge >= 0.3 is 0 Å². The lowest BCUT2D eigenvalue weighted by atomic mass is 10.1. The summed E-state index contributed by atoms with van der Waals surface area (Å²) in [6.45, 7) is 9.82. The Balaban J connectivity index is 2.10. The van der Waals surface area contributed by atoms with E-state index in [0.29, 0.717) is 12.0 Å². The first-order valence-corrected chi connectivity index (χ1v) is 7.41. The third kappa shape index (κ3) is 3.93. The molecule has 1 heterocycles. The molecule has 106 valence electrons. The molecule has 2 rings (SSSR count). The molecule has 0 amide bonds. The molecule has 0 spiro atoms. The number of nitrogens with one attached hydrogen (secondary N) is 1. The molecule has 0 aromatic carbocycles. The summed E-state index contributed by atoms with van der Waals surface area (Å²) in [7, 11) is 2.14. The van der Waals surface area contributed by atoms with Crippen LogP contribution >= 0.6 is 0 Å². The van der Waals surface area contributed by atoms with Crippen molar-refractivity contribution < 1.29 is 0 Å². The van der Waals surface area contributed by atoms with Crippen LogP contribution in [-0.4, -0.2) is 24.1 Å². The van der Waals surface area contributed by atoms with Crippen LogP contribution in [0.5, 0.6) is 0 Å². The maximum absolute atomic E-state index is 4.68. The van der Waals surface area contributed by atoms with E-state index in [1.807, 2.05) is 0 Å². The predicted octanol–water partition coefficient (Wildman–Crippen LogP) is 3.12. The van der Waals surface area contributed by atoms with Crippen molar-refractivity contribution in [2.24, 2.45) is 5.92 Å². The Bertz CT molecular complexity index is 424. The average Bonchev–Trinajstić information content (AvgIpc) is 3.17. The van der Waals surface area contributed by atoms with Gasteiger partial charge in [0, 0.05) is 31.4 Å². The molecule has 0 saturated heterocycles. The normalized spacial score (nSPS) is 16.7. The van der Waals surface area contributed by atoms with Crippen molar-refractivity contribution in [3.05, 3.63) is 23.4 Å². The Morgan fingerprint density at radius 2 is 2.00 bits per heavy atom. The molecular formula is C16H27N3. The molecule has 1 saturated carbocycles. The number of hydrogen-bond donors (Lipinski definition) is 1. The largest absolute Gasteiger partial charge is 0.357 e. The smallest absolute Gasteiger partial charge is 0.129 e. The molecule has 3 nitrogen and oxygen atoms in total. The van der Waals surface area contributed by atoms with Gasteiger partial charge in [0.2, 0.25) is 0 Å². The third-order valence-electron chi connectivity index (χ3n) is 4.11. The molecule has 1 N–H and O–H groups in total. The Morgan fingerprint density at radius 1 is 1.32 bits per heavy atom. The highest BCUT2D eigenvalue weighted by atomic mass is 15.2. The van der Waals surface area contributed by atoms with E-state index in [9.17, 15) is 0 Å². The number of anilines is 1. The average molecular weight is 261 g/mol. The quantitative estimate of drug-likeness (QED) is 0.853. The van der Waals surface area contributed by atoms with E-state index >= 15 is 0 Å². The molecule has 0 aliphatic heterocycles. The van der Waals surface area contributed by atoms with Crippen molar-refractivity contribution in [3.8, 4) is 0 Å². The van der Waals surface area contributed by atoms with Crippen LogP contribution in [0.15, 0.2) is 12.1 Å². The summed E-state index contributed by atoms with van der Waals surface area (Å²) in [5.41, 5.74) is 2.45. The summed E-state index contributed by atoms with van der Waals surface area (Å²) in [6.07, 6.45) is 2.67. The van der Waals surface area contributed by atoms with Gasteiger partial charge in [0.25, 0.3) is 0 Å². The Morgan fingerprint density at radius 3 is 2.58 bits per heavy atom. The SMILES string of the molecule is Cc1cc(CNC2CC2)cc(N(C)C(C)C(C)C)n1. The molecule has 0 radical (unpaired) electrons. The first kappa shape index (κ1) is 14.3. The van der Waals surface area contributed by atoms with Crippen molar-refractivity contribution in [2.75, 3.05) is 11.9 Å². The molecule has 1 aliphatic carbocycles. The summed E-state index contributed by atoms with van der Waals surface area (Å²) in [6, 6.07) is 5.66. The van der Waals surface area contributed by atoms with Gasteiger partial charge in [-0.1, -0.05) is 13.8 Å². The minimum atomic E-state index is 0.499. The van der Waals surface area contributed by atoms with Gasteiger partial charge in [-0.25, -0.2) is 4.98 Å². The van der Waals surface area contributed by atoms with Gasteiger partial charge in [0.15, 0.2) is 0 Å². The van der Waals surface area contributed by atoms with E-state index in [-0.39, 0.29) is 0 Å². The zero-order valence-electron chi connectivity index (χ0n) is 12.9. The second-order valence-corrected chi connectivity index (χ2v) is 6.23. The van der Waals surface area contributed by atoms with Gasteiger partial charge in [-0.3, -0.25) is 0 Å². The lowest BCUT2D eigenvalue weighted by Gasteiger charge is -2.29. The van der Waals surface area contributed by atoms with Crippen LogP contribution in [0.1, 0.15) is 44.9 Å². The van der Waals surface area contributed by atoms with Crippen LogP contribution in [0.3, 0.4) is 0 Å². The van der Waals surface area contributed by atoms with E-state index in [1.54, 1.807) is 0 Å². The lowest BCUT2D eigenvalue weighted by Crippen LogP contribution is -2.34. The highest BCUT2D eigenvalue weighted by Crippen LogP contribution is 2.22. The van der Waals surface area contributed by atoms with E-state index in [2.05, 4.69) is 62.1 Å². The van der Waals surface area contributed by atoms with Crippen molar-refractivity contribution in [3.63, 3.8) is 0 Å². The summed E-state index contributed by atoms with van der Waals surface area (Å²) < 4.78 is 0. The number of nitrogens with zero attached hydrogens (tertiary/aromatic N) is 2. The van der Waals surface area contributed by atoms with Crippen LogP contribution in [0.4, 0.5) is 5.82 Å². The predicted molar refractivity (Wildman–Crippen MR) is 81.5 cm³/mol. The second-order valence-electron chi connectivity index (χ2n) is 6.23. The van der Waals surface area contributed by atoms with Crippen molar-refractivity contribution in [1.29, 1.82) is 0 Å². The fourth-order valence-corrected chi connectivity index (χ4v) is 2.21. The fraction of sp³-hybridized carbons (Fsp3) is 0.688. The minimum Gasteiger partial charge on any atom is -0.357 e. The second kappa shape index (κ2) is 5.91. The van der Waals surface area contributed by atoms with Crippen LogP contribution in [0.25, 0.3) is 0 Å². The summed E-state index contributed by atoms with van der Waals surface area (Å²) in [5, 5.41) is 3.57. The van der Waals surface area contributed by atoms with E-state index in [4.69, 9.17) is 0 Å². The standard InChI is InChI=1S/C16H27N3/c1-11(2)13(4)19(5)16-9-14(8-12(3)18-16)10-17-15-6-7-15/h8-9,11,13,15,17H,6-7,10H2,1-5H3. The maximum atomic E-state index is 4.68. The molecule has 19 heavy (non-hydrogen) atoms. The summed E-state index contributed by atoms with van der Waals surface area (Å²) >= 11 is 0. The summed E-state index contributed by atoms with van der Waals surface area (Å²) in [4.78, 5) is 6.97. The Kier molecular flexibility index (Phi) is 4.46. The monoisotopic (exact) mass is 261 g/mol. The zero-order valence-corrected chi connectivity index (χ0v) is 12.9. The number of aromatic nitrogens is 1. The molecule has 1 fully saturated rings. The molecule has 1 atom stereocenters. The zero-order chi connectivity index (χ0) is 14.0. The van der Waals surface area contributed by atoms with Gasteiger partial charge in [0.05, 0.1) is 0 Å². The molecule has 1 aromatic heterocycles. The maximum Gasteiger partial charge on any atom is 0.129 e.